The Hall–Kier alpha value is -1.78. The predicted molar refractivity (Wildman–Crippen MR) is 87.7 cm³/mol. The van der Waals surface area contributed by atoms with Crippen LogP contribution in [0.5, 0.6) is 0 Å². The van der Waals surface area contributed by atoms with Crippen LogP contribution in [0.15, 0.2) is 23.1 Å². The molecule has 0 bridgehead atoms. The van der Waals surface area contributed by atoms with Crippen LogP contribution in [-0.2, 0) is 10.5 Å². The lowest BCUT2D eigenvalue weighted by molar-refractivity contribution is -0.114. The highest BCUT2D eigenvalue weighted by Gasteiger charge is 2.11. The number of nitrogens with one attached hydrogen (secondary N) is 1. The first-order chi connectivity index (χ1) is 10.6. The largest absolute Gasteiger partial charge is 0.301 e. The van der Waals surface area contributed by atoms with Crippen LogP contribution in [0.2, 0.25) is 0 Å². The summed E-state index contributed by atoms with van der Waals surface area (Å²) in [6, 6.07) is 0. The number of anilines is 1. The lowest BCUT2D eigenvalue weighted by atomic mass is 10.4. The third kappa shape index (κ3) is 3.51. The lowest BCUT2D eigenvalue weighted by Crippen LogP contribution is -2.04. The van der Waals surface area contributed by atoms with Gasteiger partial charge in [-0.3, -0.25) is 9.36 Å². The van der Waals surface area contributed by atoms with Gasteiger partial charge in [-0.15, -0.1) is 21.5 Å². The number of thioether (sulfide) groups is 1. The van der Waals surface area contributed by atoms with Crippen LogP contribution < -0.4 is 5.32 Å². The Bertz CT molecular complexity index is 779. The quantitative estimate of drug-likeness (QED) is 0.561. The summed E-state index contributed by atoms with van der Waals surface area (Å²) in [6.45, 7) is 3.45. The zero-order chi connectivity index (χ0) is 15.5. The molecule has 22 heavy (non-hydrogen) atoms. The molecule has 0 radical (unpaired) electrons. The molecular formula is C12H12N6OS3. The first-order valence-electron chi connectivity index (χ1n) is 6.30. The Labute approximate surface area is 138 Å². The Morgan fingerprint density at radius 3 is 3.00 bits per heavy atom. The van der Waals surface area contributed by atoms with Gasteiger partial charge in [-0.2, -0.15) is 0 Å². The van der Waals surface area contributed by atoms with Gasteiger partial charge in [-0.1, -0.05) is 23.1 Å². The van der Waals surface area contributed by atoms with E-state index < -0.39 is 0 Å². The molecule has 7 nitrogen and oxygen atoms in total. The standard InChI is InChI=1S/C12H12N6OS3/c1-7-9(21-11(14-7)18-4-3-13-6-18)5-20-12-17-16-10(22-12)15-8(2)19/h3-4,6H,5H2,1-2H3,(H,15,16,19). The number of aryl methyl sites for hydroxylation is 1. The molecule has 3 rings (SSSR count). The molecule has 0 atom stereocenters. The van der Waals surface area contributed by atoms with Crippen molar-refractivity contribution in [3.05, 3.63) is 29.3 Å². The van der Waals surface area contributed by atoms with E-state index in [4.69, 9.17) is 0 Å². The first-order valence-corrected chi connectivity index (χ1v) is 8.92. The first kappa shape index (κ1) is 15.1. The van der Waals surface area contributed by atoms with Gasteiger partial charge in [0.15, 0.2) is 9.47 Å². The van der Waals surface area contributed by atoms with Gasteiger partial charge in [0.2, 0.25) is 11.0 Å². The van der Waals surface area contributed by atoms with Crippen molar-refractivity contribution >= 4 is 45.5 Å². The molecule has 114 valence electrons. The molecule has 3 aromatic heterocycles. The fraction of sp³-hybridized carbons (Fsp3) is 0.250. The van der Waals surface area contributed by atoms with Crippen molar-refractivity contribution < 1.29 is 4.79 Å². The van der Waals surface area contributed by atoms with E-state index in [0.717, 1.165) is 20.9 Å². The van der Waals surface area contributed by atoms with Crippen molar-refractivity contribution in [2.45, 2.75) is 23.9 Å². The molecular weight excluding hydrogens is 340 g/mol. The van der Waals surface area contributed by atoms with E-state index in [1.165, 1.54) is 23.1 Å². The number of nitrogens with zero attached hydrogens (tertiary/aromatic N) is 5. The van der Waals surface area contributed by atoms with Gasteiger partial charge in [-0.25, -0.2) is 9.97 Å². The molecule has 0 unspecified atom stereocenters. The van der Waals surface area contributed by atoms with E-state index in [9.17, 15) is 4.79 Å². The minimum Gasteiger partial charge on any atom is -0.301 e. The highest BCUT2D eigenvalue weighted by atomic mass is 32.2. The number of amides is 1. The van der Waals surface area contributed by atoms with Crippen molar-refractivity contribution in [3.63, 3.8) is 0 Å². The van der Waals surface area contributed by atoms with Crippen molar-refractivity contribution in [1.29, 1.82) is 0 Å². The Morgan fingerprint density at radius 1 is 1.41 bits per heavy atom. The molecule has 0 saturated heterocycles. The summed E-state index contributed by atoms with van der Waals surface area (Å²) in [7, 11) is 0. The monoisotopic (exact) mass is 352 g/mol. The average molecular weight is 352 g/mol. The maximum Gasteiger partial charge on any atom is 0.223 e. The maximum absolute atomic E-state index is 11.0. The number of carbonyl (C=O) groups is 1. The number of imidazole rings is 1. The van der Waals surface area contributed by atoms with Crippen molar-refractivity contribution in [2.75, 3.05) is 5.32 Å². The molecule has 0 aliphatic carbocycles. The normalized spacial score (nSPS) is 10.8. The van der Waals surface area contributed by atoms with Crippen molar-refractivity contribution in [1.82, 2.24) is 24.7 Å². The Balaban J connectivity index is 1.66. The van der Waals surface area contributed by atoms with Gasteiger partial charge in [0.05, 0.1) is 5.69 Å². The van der Waals surface area contributed by atoms with E-state index in [1.807, 2.05) is 17.7 Å². The van der Waals surface area contributed by atoms with Gasteiger partial charge in [0.1, 0.15) is 6.33 Å². The number of hydrogen-bond acceptors (Lipinski definition) is 8. The van der Waals surface area contributed by atoms with Crippen LogP contribution in [0.4, 0.5) is 5.13 Å². The minimum absolute atomic E-state index is 0.143. The average Bonchev–Trinajstić information content (AvgIpc) is 3.16. The van der Waals surface area contributed by atoms with Crippen LogP contribution in [0, 0.1) is 6.92 Å². The number of aromatic nitrogens is 5. The second-order valence-electron chi connectivity index (χ2n) is 4.32. The zero-order valence-electron chi connectivity index (χ0n) is 11.8. The number of rotatable bonds is 5. The molecule has 0 aliphatic rings. The zero-order valence-corrected chi connectivity index (χ0v) is 14.3. The molecule has 3 aromatic rings. The lowest BCUT2D eigenvalue weighted by Gasteiger charge is -1.95. The molecule has 1 N–H and O–H groups in total. The van der Waals surface area contributed by atoms with Crippen molar-refractivity contribution in [3.8, 4) is 5.13 Å². The third-order valence-corrected chi connectivity index (χ3v) is 5.97. The van der Waals surface area contributed by atoms with E-state index in [2.05, 4.69) is 25.5 Å². The summed E-state index contributed by atoms with van der Waals surface area (Å²) in [5.41, 5.74) is 1.01. The van der Waals surface area contributed by atoms with Gasteiger partial charge >= 0.3 is 0 Å². The SMILES string of the molecule is CC(=O)Nc1nnc(SCc2sc(-n3ccnc3)nc2C)s1. The van der Waals surface area contributed by atoms with Crippen molar-refractivity contribution in [2.24, 2.45) is 0 Å². The molecule has 0 saturated carbocycles. The minimum atomic E-state index is -0.143. The summed E-state index contributed by atoms with van der Waals surface area (Å²) in [5, 5.41) is 12.0. The van der Waals surface area contributed by atoms with E-state index in [0.29, 0.717) is 5.13 Å². The second-order valence-corrected chi connectivity index (χ2v) is 7.58. The third-order valence-electron chi connectivity index (χ3n) is 2.62. The fourth-order valence-corrected chi connectivity index (χ4v) is 4.58. The molecule has 0 fully saturated rings. The Morgan fingerprint density at radius 2 is 2.27 bits per heavy atom. The summed E-state index contributed by atoms with van der Waals surface area (Å²) in [4.78, 5) is 20.7. The highest BCUT2D eigenvalue weighted by Crippen LogP contribution is 2.32. The molecule has 1 amide bonds. The maximum atomic E-state index is 11.0. The number of thiazole rings is 1. The van der Waals surface area contributed by atoms with Gasteiger partial charge < -0.3 is 5.32 Å². The van der Waals surface area contributed by atoms with Crippen LogP contribution in [-0.4, -0.2) is 30.6 Å². The summed E-state index contributed by atoms with van der Waals surface area (Å²) < 4.78 is 2.71. The predicted octanol–water partition coefficient (Wildman–Crippen LogP) is 2.74. The van der Waals surface area contributed by atoms with Crippen LogP contribution in [0.3, 0.4) is 0 Å². The van der Waals surface area contributed by atoms with E-state index in [-0.39, 0.29) is 5.91 Å². The van der Waals surface area contributed by atoms with E-state index >= 15 is 0 Å². The topological polar surface area (TPSA) is 85.6 Å². The van der Waals surface area contributed by atoms with Crippen LogP contribution in [0.1, 0.15) is 17.5 Å². The van der Waals surface area contributed by atoms with Gasteiger partial charge in [0.25, 0.3) is 0 Å². The van der Waals surface area contributed by atoms with E-state index in [1.54, 1.807) is 35.6 Å². The van der Waals surface area contributed by atoms with Crippen LogP contribution >= 0.6 is 34.4 Å². The molecule has 0 spiro atoms. The Kier molecular flexibility index (Phi) is 4.50. The molecule has 0 aromatic carbocycles. The second kappa shape index (κ2) is 6.55. The number of carbonyl (C=O) groups excluding carboxylic acids is 1. The number of hydrogen-bond donors (Lipinski definition) is 1. The molecule has 10 heteroatoms. The summed E-state index contributed by atoms with van der Waals surface area (Å²) >= 11 is 4.59. The highest BCUT2D eigenvalue weighted by molar-refractivity contribution is 8.00. The van der Waals surface area contributed by atoms with Gasteiger partial charge in [-0.05, 0) is 6.92 Å². The summed E-state index contributed by atoms with van der Waals surface area (Å²) in [5.74, 6) is 0.628. The summed E-state index contributed by atoms with van der Waals surface area (Å²) in [6.07, 6.45) is 5.34. The van der Waals surface area contributed by atoms with Crippen LogP contribution in [0.25, 0.3) is 5.13 Å². The molecule has 3 heterocycles. The smallest absolute Gasteiger partial charge is 0.223 e. The fourth-order valence-electron chi connectivity index (χ4n) is 1.63. The van der Waals surface area contributed by atoms with Gasteiger partial charge in [0, 0.05) is 29.9 Å². The molecule has 0 aliphatic heterocycles.